The van der Waals surface area contributed by atoms with E-state index in [0.29, 0.717) is 12.0 Å². The third-order valence-corrected chi connectivity index (χ3v) is 3.44. The molecular formula is C13H18OS. The molecule has 0 aromatic heterocycles. The Kier molecular flexibility index (Phi) is 3.25. The van der Waals surface area contributed by atoms with Gasteiger partial charge in [0.25, 0.3) is 0 Å². The smallest absolute Gasteiger partial charge is 0.124 e. The summed E-state index contributed by atoms with van der Waals surface area (Å²) in [6.07, 6.45) is 5.06. The van der Waals surface area contributed by atoms with Gasteiger partial charge >= 0.3 is 0 Å². The van der Waals surface area contributed by atoms with Crippen molar-refractivity contribution in [3.8, 4) is 5.75 Å². The Morgan fingerprint density at radius 1 is 1.33 bits per heavy atom. The Morgan fingerprint density at radius 3 is 2.60 bits per heavy atom. The first-order valence-corrected chi connectivity index (χ1v) is 6.78. The van der Waals surface area contributed by atoms with Crippen LogP contribution in [0.25, 0.3) is 0 Å². The number of hydrogen-bond acceptors (Lipinski definition) is 2. The van der Waals surface area contributed by atoms with Crippen molar-refractivity contribution in [3.05, 3.63) is 23.8 Å². The molecule has 1 saturated carbocycles. The van der Waals surface area contributed by atoms with E-state index in [2.05, 4.69) is 38.3 Å². The van der Waals surface area contributed by atoms with Crippen molar-refractivity contribution in [3.63, 3.8) is 0 Å². The highest BCUT2D eigenvalue weighted by Gasteiger charge is 2.25. The standard InChI is InChI=1S/C13H18OS/c1-9(2)13-11(14-10-7-8-10)5-4-6-12(13)15-3/h4-6,9-10H,7-8H2,1-3H3. The summed E-state index contributed by atoms with van der Waals surface area (Å²) < 4.78 is 5.95. The molecule has 1 aromatic rings. The Labute approximate surface area is 96.2 Å². The number of ether oxygens (including phenoxy) is 1. The second kappa shape index (κ2) is 4.48. The van der Waals surface area contributed by atoms with E-state index in [1.807, 2.05) is 0 Å². The van der Waals surface area contributed by atoms with Gasteiger partial charge in [0.15, 0.2) is 0 Å². The number of hydrogen-bond donors (Lipinski definition) is 0. The maximum absolute atomic E-state index is 5.95. The molecule has 0 spiro atoms. The Hall–Kier alpha value is -0.630. The van der Waals surface area contributed by atoms with Crippen molar-refractivity contribution in [1.29, 1.82) is 0 Å². The SMILES string of the molecule is CSc1cccc(OC2CC2)c1C(C)C. The number of benzene rings is 1. The van der Waals surface area contributed by atoms with Crippen LogP contribution in [0, 0.1) is 0 Å². The highest BCUT2D eigenvalue weighted by atomic mass is 32.2. The maximum Gasteiger partial charge on any atom is 0.124 e. The summed E-state index contributed by atoms with van der Waals surface area (Å²) in [6.45, 7) is 4.46. The van der Waals surface area contributed by atoms with Gasteiger partial charge in [0.05, 0.1) is 6.10 Å². The van der Waals surface area contributed by atoms with Gasteiger partial charge in [0.1, 0.15) is 5.75 Å². The zero-order valence-corrected chi connectivity index (χ0v) is 10.4. The first-order valence-electron chi connectivity index (χ1n) is 5.56. The fourth-order valence-corrected chi connectivity index (χ4v) is 2.51. The van der Waals surface area contributed by atoms with Crippen LogP contribution >= 0.6 is 11.8 Å². The highest BCUT2D eigenvalue weighted by molar-refractivity contribution is 7.98. The molecule has 15 heavy (non-hydrogen) atoms. The predicted octanol–water partition coefficient (Wildman–Crippen LogP) is 4.07. The molecular weight excluding hydrogens is 204 g/mol. The lowest BCUT2D eigenvalue weighted by Gasteiger charge is -2.16. The molecule has 2 heteroatoms. The minimum Gasteiger partial charge on any atom is -0.490 e. The summed E-state index contributed by atoms with van der Waals surface area (Å²) in [5, 5.41) is 0. The number of rotatable bonds is 4. The molecule has 0 unspecified atom stereocenters. The lowest BCUT2D eigenvalue weighted by molar-refractivity contribution is 0.298. The van der Waals surface area contributed by atoms with Crippen molar-refractivity contribution < 1.29 is 4.74 Å². The van der Waals surface area contributed by atoms with Gasteiger partial charge in [-0.1, -0.05) is 19.9 Å². The molecule has 0 heterocycles. The van der Waals surface area contributed by atoms with Crippen LogP contribution in [0.1, 0.15) is 38.2 Å². The van der Waals surface area contributed by atoms with E-state index in [4.69, 9.17) is 4.74 Å². The van der Waals surface area contributed by atoms with Gasteiger partial charge in [-0.15, -0.1) is 11.8 Å². The van der Waals surface area contributed by atoms with Gasteiger partial charge in [0.2, 0.25) is 0 Å². The van der Waals surface area contributed by atoms with E-state index in [-0.39, 0.29) is 0 Å². The largest absolute Gasteiger partial charge is 0.490 e. The van der Waals surface area contributed by atoms with E-state index >= 15 is 0 Å². The van der Waals surface area contributed by atoms with Gasteiger partial charge < -0.3 is 4.74 Å². The van der Waals surface area contributed by atoms with Gasteiger partial charge in [0, 0.05) is 10.5 Å². The molecule has 1 aromatic carbocycles. The molecule has 2 rings (SSSR count). The lowest BCUT2D eigenvalue weighted by Crippen LogP contribution is -2.02. The van der Waals surface area contributed by atoms with E-state index in [1.165, 1.54) is 23.3 Å². The van der Waals surface area contributed by atoms with Crippen LogP contribution < -0.4 is 4.74 Å². The molecule has 0 aliphatic heterocycles. The fraction of sp³-hybridized carbons (Fsp3) is 0.538. The minimum atomic E-state index is 0.486. The second-order valence-electron chi connectivity index (χ2n) is 4.34. The van der Waals surface area contributed by atoms with Crippen LogP contribution in [0.3, 0.4) is 0 Å². The lowest BCUT2D eigenvalue weighted by atomic mass is 10.0. The normalized spacial score (nSPS) is 15.7. The molecule has 1 aliphatic carbocycles. The van der Waals surface area contributed by atoms with E-state index in [9.17, 15) is 0 Å². The summed E-state index contributed by atoms with van der Waals surface area (Å²) in [6, 6.07) is 6.38. The molecule has 82 valence electrons. The van der Waals surface area contributed by atoms with Gasteiger partial charge in [-0.3, -0.25) is 0 Å². The van der Waals surface area contributed by atoms with Crippen LogP contribution in [-0.2, 0) is 0 Å². The molecule has 0 bridgehead atoms. The van der Waals surface area contributed by atoms with E-state index in [1.54, 1.807) is 11.8 Å². The van der Waals surface area contributed by atoms with Crippen molar-refractivity contribution in [2.75, 3.05) is 6.26 Å². The molecule has 0 saturated heterocycles. The third-order valence-electron chi connectivity index (χ3n) is 2.64. The number of thioether (sulfide) groups is 1. The Morgan fingerprint density at radius 2 is 2.07 bits per heavy atom. The minimum absolute atomic E-state index is 0.486. The molecule has 0 amide bonds. The zero-order valence-electron chi connectivity index (χ0n) is 9.62. The Balaban J connectivity index is 2.32. The van der Waals surface area contributed by atoms with Crippen LogP contribution in [0.15, 0.2) is 23.1 Å². The maximum atomic E-state index is 5.95. The summed E-state index contributed by atoms with van der Waals surface area (Å²) >= 11 is 1.81. The summed E-state index contributed by atoms with van der Waals surface area (Å²) in [5.74, 6) is 1.63. The van der Waals surface area contributed by atoms with Gasteiger partial charge in [-0.25, -0.2) is 0 Å². The zero-order chi connectivity index (χ0) is 10.8. The van der Waals surface area contributed by atoms with Crippen LogP contribution in [0.4, 0.5) is 0 Å². The predicted molar refractivity (Wildman–Crippen MR) is 66.0 cm³/mol. The van der Waals surface area contributed by atoms with Crippen LogP contribution in [0.2, 0.25) is 0 Å². The van der Waals surface area contributed by atoms with Crippen molar-refractivity contribution >= 4 is 11.8 Å². The van der Waals surface area contributed by atoms with E-state index in [0.717, 1.165) is 5.75 Å². The molecule has 1 fully saturated rings. The van der Waals surface area contributed by atoms with E-state index < -0.39 is 0 Å². The quantitative estimate of drug-likeness (QED) is 0.710. The molecule has 0 atom stereocenters. The average molecular weight is 222 g/mol. The second-order valence-corrected chi connectivity index (χ2v) is 5.19. The summed E-state index contributed by atoms with van der Waals surface area (Å²) in [5.41, 5.74) is 1.37. The first-order chi connectivity index (χ1) is 7.22. The topological polar surface area (TPSA) is 9.23 Å². The molecule has 1 nitrogen and oxygen atoms in total. The van der Waals surface area contributed by atoms with Crippen molar-refractivity contribution in [2.45, 2.75) is 43.6 Å². The monoisotopic (exact) mass is 222 g/mol. The Bertz CT molecular complexity index is 342. The van der Waals surface area contributed by atoms with Crippen LogP contribution in [0.5, 0.6) is 5.75 Å². The average Bonchev–Trinajstić information content (AvgIpc) is 3.01. The molecule has 1 aliphatic rings. The summed E-state index contributed by atoms with van der Waals surface area (Å²) in [4.78, 5) is 1.35. The fourth-order valence-electron chi connectivity index (χ4n) is 1.74. The van der Waals surface area contributed by atoms with Crippen LogP contribution in [-0.4, -0.2) is 12.4 Å². The van der Waals surface area contributed by atoms with Crippen molar-refractivity contribution in [1.82, 2.24) is 0 Å². The third kappa shape index (κ3) is 2.49. The highest BCUT2D eigenvalue weighted by Crippen LogP contribution is 2.37. The summed E-state index contributed by atoms with van der Waals surface area (Å²) in [7, 11) is 0. The van der Waals surface area contributed by atoms with Gasteiger partial charge in [-0.05, 0) is 37.1 Å². The van der Waals surface area contributed by atoms with Crippen molar-refractivity contribution in [2.24, 2.45) is 0 Å². The van der Waals surface area contributed by atoms with Gasteiger partial charge in [-0.2, -0.15) is 0 Å². The molecule has 0 radical (unpaired) electrons. The first kappa shape index (κ1) is 10.9. The molecule has 0 N–H and O–H groups in total.